The second-order valence-electron chi connectivity index (χ2n) is 5.56. The molecule has 108 valence electrons. The Bertz CT molecular complexity index is 509. The fraction of sp³-hybridized carbons (Fsp3) is 0.471. The summed E-state index contributed by atoms with van der Waals surface area (Å²) < 4.78 is 0. The van der Waals surface area contributed by atoms with E-state index in [1.165, 1.54) is 0 Å². The SMILES string of the molecule is CCC(C)(C)CNC(=O)c1cccc(C#CCCO)c1. The summed E-state index contributed by atoms with van der Waals surface area (Å²) in [6, 6.07) is 7.24. The first-order valence-electron chi connectivity index (χ1n) is 6.96. The Kier molecular flexibility index (Phi) is 6.27. The normalized spacial score (nSPS) is 10.6. The Morgan fingerprint density at radius 2 is 2.15 bits per heavy atom. The topological polar surface area (TPSA) is 49.3 Å². The highest BCUT2D eigenvalue weighted by molar-refractivity contribution is 5.94. The van der Waals surface area contributed by atoms with Gasteiger partial charge in [0.2, 0.25) is 0 Å². The lowest BCUT2D eigenvalue weighted by atomic mass is 9.90. The summed E-state index contributed by atoms with van der Waals surface area (Å²) in [7, 11) is 0. The molecule has 3 nitrogen and oxygen atoms in total. The third-order valence-electron chi connectivity index (χ3n) is 3.28. The molecule has 0 atom stereocenters. The number of carbonyl (C=O) groups is 1. The fourth-order valence-corrected chi connectivity index (χ4v) is 1.51. The van der Waals surface area contributed by atoms with Crippen LogP contribution in [-0.2, 0) is 0 Å². The Labute approximate surface area is 121 Å². The van der Waals surface area contributed by atoms with Gasteiger partial charge >= 0.3 is 0 Å². The molecule has 0 unspecified atom stereocenters. The van der Waals surface area contributed by atoms with Gasteiger partial charge in [0.05, 0.1) is 6.61 Å². The molecule has 0 bridgehead atoms. The third-order valence-corrected chi connectivity index (χ3v) is 3.28. The lowest BCUT2D eigenvalue weighted by Crippen LogP contribution is -2.33. The summed E-state index contributed by atoms with van der Waals surface area (Å²) in [4.78, 5) is 12.1. The van der Waals surface area contributed by atoms with Gasteiger partial charge in [0.25, 0.3) is 5.91 Å². The summed E-state index contributed by atoms with van der Waals surface area (Å²) in [6.45, 7) is 7.08. The first-order chi connectivity index (χ1) is 9.48. The smallest absolute Gasteiger partial charge is 0.251 e. The van der Waals surface area contributed by atoms with Crippen molar-refractivity contribution in [2.45, 2.75) is 33.6 Å². The van der Waals surface area contributed by atoms with Crippen molar-refractivity contribution in [3.05, 3.63) is 35.4 Å². The second kappa shape index (κ2) is 7.72. The molecule has 2 N–H and O–H groups in total. The molecule has 20 heavy (non-hydrogen) atoms. The van der Waals surface area contributed by atoms with E-state index in [2.05, 4.69) is 37.9 Å². The summed E-state index contributed by atoms with van der Waals surface area (Å²) in [5.41, 5.74) is 1.52. The molecule has 0 fully saturated rings. The maximum Gasteiger partial charge on any atom is 0.251 e. The first kappa shape index (κ1) is 16.3. The molecular formula is C17H23NO2. The number of nitrogens with one attached hydrogen (secondary N) is 1. The molecule has 1 amide bonds. The van der Waals surface area contributed by atoms with E-state index in [0.717, 1.165) is 12.0 Å². The molecular weight excluding hydrogens is 250 g/mol. The maximum absolute atomic E-state index is 12.1. The van der Waals surface area contributed by atoms with E-state index < -0.39 is 0 Å². The van der Waals surface area contributed by atoms with Gasteiger partial charge in [-0.1, -0.05) is 38.7 Å². The van der Waals surface area contributed by atoms with Gasteiger partial charge in [0.1, 0.15) is 0 Å². The number of hydrogen-bond donors (Lipinski definition) is 2. The summed E-state index contributed by atoms with van der Waals surface area (Å²) in [5, 5.41) is 11.6. The van der Waals surface area contributed by atoms with Gasteiger partial charge in [0, 0.05) is 24.1 Å². The molecule has 1 aromatic carbocycles. The van der Waals surface area contributed by atoms with Crippen LogP contribution in [0.2, 0.25) is 0 Å². The van der Waals surface area contributed by atoms with Crippen molar-refractivity contribution in [2.24, 2.45) is 5.41 Å². The molecule has 1 rings (SSSR count). The van der Waals surface area contributed by atoms with Gasteiger partial charge in [-0.05, 0) is 30.0 Å². The minimum atomic E-state index is -0.0719. The van der Waals surface area contributed by atoms with E-state index >= 15 is 0 Å². The number of amides is 1. The molecule has 0 heterocycles. The number of hydrogen-bond acceptors (Lipinski definition) is 2. The zero-order valence-corrected chi connectivity index (χ0v) is 12.5. The molecule has 0 saturated carbocycles. The van der Waals surface area contributed by atoms with Crippen molar-refractivity contribution in [1.82, 2.24) is 5.32 Å². The van der Waals surface area contributed by atoms with Crippen LogP contribution in [0.5, 0.6) is 0 Å². The Hall–Kier alpha value is -1.79. The number of aliphatic hydroxyl groups is 1. The second-order valence-corrected chi connectivity index (χ2v) is 5.56. The lowest BCUT2D eigenvalue weighted by Gasteiger charge is -2.22. The average Bonchev–Trinajstić information content (AvgIpc) is 2.45. The van der Waals surface area contributed by atoms with Crippen LogP contribution in [0.1, 0.15) is 49.5 Å². The molecule has 0 aromatic heterocycles. The number of carbonyl (C=O) groups excluding carboxylic acids is 1. The Morgan fingerprint density at radius 1 is 1.40 bits per heavy atom. The highest BCUT2D eigenvalue weighted by atomic mass is 16.2. The molecule has 0 radical (unpaired) electrons. The summed E-state index contributed by atoms with van der Waals surface area (Å²) >= 11 is 0. The van der Waals surface area contributed by atoms with Crippen molar-refractivity contribution in [3.8, 4) is 11.8 Å². The van der Waals surface area contributed by atoms with E-state index in [1.807, 2.05) is 12.1 Å². The number of rotatable bonds is 5. The standard InChI is InChI=1S/C17H23NO2/c1-4-17(2,3)13-18-16(20)15-10-7-9-14(12-15)8-5-6-11-19/h7,9-10,12,19H,4,6,11,13H2,1-3H3,(H,18,20). The van der Waals surface area contributed by atoms with Crippen LogP contribution in [0.25, 0.3) is 0 Å². The highest BCUT2D eigenvalue weighted by Crippen LogP contribution is 2.18. The minimum absolute atomic E-state index is 0.0548. The van der Waals surface area contributed by atoms with E-state index in [0.29, 0.717) is 18.5 Å². The van der Waals surface area contributed by atoms with Gasteiger partial charge in [-0.2, -0.15) is 0 Å². The Balaban J connectivity index is 2.70. The molecule has 1 aromatic rings. The molecule has 0 aliphatic heterocycles. The quantitative estimate of drug-likeness (QED) is 0.810. The van der Waals surface area contributed by atoms with Crippen LogP contribution in [-0.4, -0.2) is 24.2 Å². The van der Waals surface area contributed by atoms with Crippen LogP contribution < -0.4 is 5.32 Å². The number of aliphatic hydroxyl groups excluding tert-OH is 1. The summed E-state index contributed by atoms with van der Waals surface area (Å²) in [6.07, 6.45) is 1.46. The maximum atomic E-state index is 12.1. The van der Waals surface area contributed by atoms with Crippen molar-refractivity contribution in [3.63, 3.8) is 0 Å². The molecule has 0 spiro atoms. The minimum Gasteiger partial charge on any atom is -0.395 e. The van der Waals surface area contributed by atoms with Crippen LogP contribution >= 0.6 is 0 Å². The van der Waals surface area contributed by atoms with E-state index in [4.69, 9.17) is 5.11 Å². The largest absolute Gasteiger partial charge is 0.395 e. The van der Waals surface area contributed by atoms with E-state index in [1.54, 1.807) is 12.1 Å². The predicted octanol–water partition coefficient (Wildman–Crippen LogP) is 2.59. The van der Waals surface area contributed by atoms with E-state index in [-0.39, 0.29) is 17.9 Å². The third kappa shape index (κ3) is 5.46. The first-order valence-corrected chi connectivity index (χ1v) is 6.96. The van der Waals surface area contributed by atoms with Gasteiger partial charge in [-0.15, -0.1) is 0 Å². The van der Waals surface area contributed by atoms with Crippen LogP contribution in [0.4, 0.5) is 0 Å². The van der Waals surface area contributed by atoms with Gasteiger partial charge < -0.3 is 10.4 Å². The monoisotopic (exact) mass is 273 g/mol. The van der Waals surface area contributed by atoms with Gasteiger partial charge in [-0.25, -0.2) is 0 Å². The number of benzene rings is 1. The highest BCUT2D eigenvalue weighted by Gasteiger charge is 2.16. The fourth-order valence-electron chi connectivity index (χ4n) is 1.51. The van der Waals surface area contributed by atoms with Crippen molar-refractivity contribution in [1.29, 1.82) is 0 Å². The Morgan fingerprint density at radius 3 is 2.80 bits per heavy atom. The average molecular weight is 273 g/mol. The molecule has 0 aliphatic carbocycles. The van der Waals surface area contributed by atoms with Crippen molar-refractivity contribution >= 4 is 5.91 Å². The molecule has 3 heteroatoms. The molecule has 0 saturated heterocycles. The molecule has 0 aliphatic rings. The van der Waals surface area contributed by atoms with Crippen molar-refractivity contribution < 1.29 is 9.90 Å². The van der Waals surface area contributed by atoms with Crippen LogP contribution in [0, 0.1) is 17.3 Å². The van der Waals surface area contributed by atoms with Gasteiger partial charge in [-0.3, -0.25) is 4.79 Å². The van der Waals surface area contributed by atoms with Crippen LogP contribution in [0.15, 0.2) is 24.3 Å². The summed E-state index contributed by atoms with van der Waals surface area (Å²) in [5.74, 6) is 5.71. The predicted molar refractivity (Wildman–Crippen MR) is 81.4 cm³/mol. The van der Waals surface area contributed by atoms with Crippen LogP contribution in [0.3, 0.4) is 0 Å². The van der Waals surface area contributed by atoms with Gasteiger partial charge in [0.15, 0.2) is 0 Å². The zero-order valence-electron chi connectivity index (χ0n) is 12.5. The zero-order chi connectivity index (χ0) is 15.0. The van der Waals surface area contributed by atoms with E-state index in [9.17, 15) is 4.79 Å². The lowest BCUT2D eigenvalue weighted by molar-refractivity contribution is 0.0935. The van der Waals surface area contributed by atoms with Crippen molar-refractivity contribution in [2.75, 3.05) is 13.2 Å².